The Morgan fingerprint density at radius 1 is 1.50 bits per heavy atom. The van der Waals surface area contributed by atoms with Crippen molar-refractivity contribution in [3.63, 3.8) is 0 Å². The lowest BCUT2D eigenvalue weighted by atomic mass is 10.0. The number of carbonyl (C=O) groups excluding carboxylic acids is 1. The number of aryl methyl sites for hydroxylation is 1. The minimum absolute atomic E-state index is 0.787. The van der Waals surface area contributed by atoms with Crippen LogP contribution in [-0.4, -0.2) is 12.8 Å². The third-order valence-electron chi connectivity index (χ3n) is 2.27. The third kappa shape index (κ3) is 0.998. The number of aldehydes is 1. The lowest BCUT2D eigenvalue weighted by molar-refractivity contribution is 0.112. The van der Waals surface area contributed by atoms with Crippen molar-refractivity contribution in [1.82, 2.24) is 0 Å². The second-order valence-electron chi connectivity index (χ2n) is 3.17. The van der Waals surface area contributed by atoms with Crippen molar-refractivity contribution in [2.24, 2.45) is 0 Å². The minimum atomic E-state index is 0.787. The number of benzene rings is 1. The first kappa shape index (κ1) is 7.35. The second kappa shape index (κ2) is 2.63. The molecule has 1 aliphatic rings. The standard InChI is InChI=1S/C10H11NO/c1-7-4-8(6-12)5-9-2-3-11-10(7)9/h4-6,11H,2-3H2,1H3. The van der Waals surface area contributed by atoms with Crippen LogP contribution in [0.4, 0.5) is 5.69 Å². The zero-order chi connectivity index (χ0) is 8.55. The van der Waals surface area contributed by atoms with E-state index in [0.29, 0.717) is 0 Å². The Morgan fingerprint density at radius 2 is 2.33 bits per heavy atom. The summed E-state index contributed by atoms with van der Waals surface area (Å²) >= 11 is 0. The first-order valence-corrected chi connectivity index (χ1v) is 4.14. The zero-order valence-corrected chi connectivity index (χ0v) is 7.05. The number of hydrogen-bond acceptors (Lipinski definition) is 2. The van der Waals surface area contributed by atoms with Crippen LogP contribution in [0, 0.1) is 6.92 Å². The van der Waals surface area contributed by atoms with E-state index in [1.165, 1.54) is 16.8 Å². The quantitative estimate of drug-likeness (QED) is 0.636. The number of nitrogens with one attached hydrogen (secondary N) is 1. The maximum Gasteiger partial charge on any atom is 0.150 e. The molecule has 0 saturated carbocycles. The summed E-state index contributed by atoms with van der Waals surface area (Å²) in [6.45, 7) is 3.03. The van der Waals surface area contributed by atoms with E-state index in [9.17, 15) is 4.79 Å². The highest BCUT2D eigenvalue weighted by Gasteiger charge is 2.12. The summed E-state index contributed by atoms with van der Waals surface area (Å²) in [5, 5.41) is 3.30. The van der Waals surface area contributed by atoms with E-state index in [1.54, 1.807) is 0 Å². The summed E-state index contributed by atoms with van der Waals surface area (Å²) in [6.07, 6.45) is 1.95. The molecule has 2 rings (SSSR count). The number of hydrogen-bond donors (Lipinski definition) is 1. The first-order valence-electron chi connectivity index (χ1n) is 4.14. The van der Waals surface area contributed by atoms with Gasteiger partial charge in [0, 0.05) is 17.8 Å². The molecular formula is C10H11NO. The molecule has 0 bridgehead atoms. The second-order valence-corrected chi connectivity index (χ2v) is 3.17. The summed E-state index contributed by atoms with van der Waals surface area (Å²) in [6, 6.07) is 3.89. The maximum atomic E-state index is 10.5. The van der Waals surface area contributed by atoms with Crippen molar-refractivity contribution >= 4 is 12.0 Å². The monoisotopic (exact) mass is 161 g/mol. The Bertz CT molecular complexity index is 331. The molecule has 1 aliphatic heterocycles. The van der Waals surface area contributed by atoms with Gasteiger partial charge in [0.1, 0.15) is 6.29 Å². The molecule has 1 aromatic carbocycles. The van der Waals surface area contributed by atoms with Crippen LogP contribution < -0.4 is 5.32 Å². The van der Waals surface area contributed by atoms with Gasteiger partial charge < -0.3 is 5.32 Å². The van der Waals surface area contributed by atoms with Gasteiger partial charge >= 0.3 is 0 Å². The molecule has 0 radical (unpaired) electrons. The van der Waals surface area contributed by atoms with Gasteiger partial charge in [-0.15, -0.1) is 0 Å². The maximum absolute atomic E-state index is 10.5. The summed E-state index contributed by atoms with van der Waals surface area (Å²) in [4.78, 5) is 10.5. The first-order chi connectivity index (χ1) is 5.81. The largest absolute Gasteiger partial charge is 0.384 e. The van der Waals surface area contributed by atoms with Crippen LogP contribution in [0.15, 0.2) is 12.1 Å². The van der Waals surface area contributed by atoms with Crippen LogP contribution in [0.2, 0.25) is 0 Å². The fourth-order valence-corrected chi connectivity index (χ4v) is 1.73. The van der Waals surface area contributed by atoms with Gasteiger partial charge in [-0.1, -0.05) is 0 Å². The van der Waals surface area contributed by atoms with Crippen LogP contribution in [0.3, 0.4) is 0 Å². The molecule has 0 aliphatic carbocycles. The van der Waals surface area contributed by atoms with E-state index in [4.69, 9.17) is 0 Å². The Hall–Kier alpha value is -1.31. The van der Waals surface area contributed by atoms with E-state index >= 15 is 0 Å². The van der Waals surface area contributed by atoms with Gasteiger partial charge in [0.2, 0.25) is 0 Å². The van der Waals surface area contributed by atoms with Crippen molar-refractivity contribution < 1.29 is 4.79 Å². The third-order valence-corrected chi connectivity index (χ3v) is 2.27. The van der Waals surface area contributed by atoms with Crippen molar-refractivity contribution in [3.05, 3.63) is 28.8 Å². The van der Waals surface area contributed by atoms with E-state index in [2.05, 4.69) is 5.32 Å². The molecule has 12 heavy (non-hydrogen) atoms. The minimum Gasteiger partial charge on any atom is -0.384 e. The molecule has 0 unspecified atom stereocenters. The number of fused-ring (bicyclic) bond motifs is 1. The van der Waals surface area contributed by atoms with Gasteiger partial charge in [-0.25, -0.2) is 0 Å². The summed E-state index contributed by atoms with van der Waals surface area (Å²) < 4.78 is 0. The topological polar surface area (TPSA) is 29.1 Å². The average Bonchev–Trinajstić information content (AvgIpc) is 2.52. The smallest absolute Gasteiger partial charge is 0.150 e. The van der Waals surface area contributed by atoms with Gasteiger partial charge in [-0.3, -0.25) is 4.79 Å². The molecular weight excluding hydrogens is 150 g/mol. The van der Waals surface area contributed by atoms with Crippen molar-refractivity contribution in [2.75, 3.05) is 11.9 Å². The predicted octanol–water partition coefficient (Wildman–Crippen LogP) is 1.78. The summed E-state index contributed by atoms with van der Waals surface area (Å²) in [5.74, 6) is 0. The molecule has 0 fully saturated rings. The van der Waals surface area contributed by atoms with E-state index < -0.39 is 0 Å². The average molecular weight is 161 g/mol. The molecule has 0 amide bonds. The van der Waals surface area contributed by atoms with Crippen molar-refractivity contribution in [3.8, 4) is 0 Å². The SMILES string of the molecule is Cc1cc(C=O)cc2c1NCC2. The van der Waals surface area contributed by atoms with E-state index in [0.717, 1.165) is 24.8 Å². The van der Waals surface area contributed by atoms with Gasteiger partial charge in [-0.2, -0.15) is 0 Å². The van der Waals surface area contributed by atoms with Crippen LogP contribution >= 0.6 is 0 Å². The van der Waals surface area contributed by atoms with Gasteiger partial charge in [0.25, 0.3) is 0 Å². The van der Waals surface area contributed by atoms with Crippen molar-refractivity contribution in [1.29, 1.82) is 0 Å². The Labute approximate surface area is 71.6 Å². The van der Waals surface area contributed by atoms with Crippen LogP contribution in [0.1, 0.15) is 21.5 Å². The molecule has 0 spiro atoms. The molecule has 62 valence electrons. The molecule has 0 saturated heterocycles. The lowest BCUT2D eigenvalue weighted by Gasteiger charge is -2.04. The van der Waals surface area contributed by atoms with Gasteiger partial charge in [-0.05, 0) is 36.6 Å². The number of rotatable bonds is 1. The molecule has 1 heterocycles. The molecule has 0 aromatic heterocycles. The fourth-order valence-electron chi connectivity index (χ4n) is 1.73. The molecule has 0 atom stereocenters. The number of anilines is 1. The fraction of sp³-hybridized carbons (Fsp3) is 0.300. The highest BCUT2D eigenvalue weighted by molar-refractivity contribution is 5.78. The van der Waals surface area contributed by atoms with Crippen LogP contribution in [0.25, 0.3) is 0 Å². The molecule has 1 N–H and O–H groups in total. The number of carbonyl (C=O) groups is 1. The lowest BCUT2D eigenvalue weighted by Crippen LogP contribution is -1.93. The Balaban J connectivity index is 2.58. The van der Waals surface area contributed by atoms with Gasteiger partial charge in [0.05, 0.1) is 0 Å². The summed E-state index contributed by atoms with van der Waals surface area (Å²) in [5.41, 5.74) is 4.46. The van der Waals surface area contributed by atoms with Crippen LogP contribution in [-0.2, 0) is 6.42 Å². The zero-order valence-electron chi connectivity index (χ0n) is 7.05. The highest BCUT2D eigenvalue weighted by atomic mass is 16.1. The van der Waals surface area contributed by atoms with Gasteiger partial charge in [0.15, 0.2) is 0 Å². The highest BCUT2D eigenvalue weighted by Crippen LogP contribution is 2.26. The normalized spacial score (nSPS) is 13.8. The van der Waals surface area contributed by atoms with E-state index in [-0.39, 0.29) is 0 Å². The van der Waals surface area contributed by atoms with E-state index in [1.807, 2.05) is 19.1 Å². The Kier molecular flexibility index (Phi) is 1.61. The Morgan fingerprint density at radius 3 is 3.08 bits per heavy atom. The van der Waals surface area contributed by atoms with Crippen LogP contribution in [0.5, 0.6) is 0 Å². The molecule has 1 aromatic rings. The predicted molar refractivity (Wildman–Crippen MR) is 48.8 cm³/mol. The molecule has 2 nitrogen and oxygen atoms in total. The summed E-state index contributed by atoms with van der Waals surface area (Å²) in [7, 11) is 0. The molecule has 2 heteroatoms. The van der Waals surface area contributed by atoms with Crippen molar-refractivity contribution in [2.45, 2.75) is 13.3 Å².